The van der Waals surface area contributed by atoms with Crippen molar-refractivity contribution in [2.75, 3.05) is 13.2 Å². The lowest BCUT2D eigenvalue weighted by molar-refractivity contribution is -0.136. The van der Waals surface area contributed by atoms with Crippen LogP contribution >= 0.6 is 0 Å². The molecule has 4 nitrogen and oxygen atoms in total. The molecular weight excluding hydrogens is 148 g/mol. The first-order valence-corrected chi connectivity index (χ1v) is 3.23. The fraction of sp³-hybridized carbons (Fsp3) is 0.714. The normalized spacial score (nSPS) is 10.4. The van der Waals surface area contributed by atoms with E-state index in [0.29, 0.717) is 12.9 Å². The summed E-state index contributed by atoms with van der Waals surface area (Å²) in [6.07, 6.45) is 0. The summed E-state index contributed by atoms with van der Waals surface area (Å²) < 4.78 is 9.04. The molecule has 0 unspecified atom stereocenters. The van der Waals surface area contributed by atoms with Crippen molar-refractivity contribution in [1.82, 2.24) is 0 Å². The van der Waals surface area contributed by atoms with E-state index >= 15 is 0 Å². The number of rotatable bonds is 6. The van der Waals surface area contributed by atoms with E-state index < -0.39 is 0 Å². The van der Waals surface area contributed by atoms with Crippen molar-refractivity contribution in [2.45, 2.75) is 13.8 Å². The minimum atomic E-state index is -0.304. The van der Waals surface area contributed by atoms with E-state index in [-0.39, 0.29) is 18.6 Å². The zero-order valence-electron chi connectivity index (χ0n) is 6.70. The highest BCUT2D eigenvalue weighted by Crippen LogP contribution is 2.14. The molecular formula is C7H12O4. The predicted octanol–water partition coefficient (Wildman–Crippen LogP) is 0.359. The van der Waals surface area contributed by atoms with Crippen molar-refractivity contribution in [3.63, 3.8) is 0 Å². The molecule has 0 aliphatic carbocycles. The zero-order chi connectivity index (χ0) is 8.74. The standard InChI is InChI=1S/C7H12O4/c1-7(2,3-10-5-8)4-11-6-9/h5-6H,3-4H2,1-2H3. The lowest BCUT2D eigenvalue weighted by Gasteiger charge is -2.20. The molecule has 0 atom stereocenters. The Morgan fingerprint density at radius 2 is 1.45 bits per heavy atom. The maximum atomic E-state index is 9.79. The number of carbonyl (C=O) groups excluding carboxylic acids is 2. The molecule has 11 heavy (non-hydrogen) atoms. The Hall–Kier alpha value is -1.06. The van der Waals surface area contributed by atoms with Crippen LogP contribution in [0.2, 0.25) is 0 Å². The second-order valence-corrected chi connectivity index (χ2v) is 2.98. The van der Waals surface area contributed by atoms with Crippen LogP contribution in [0.25, 0.3) is 0 Å². The Balaban J connectivity index is 3.59. The van der Waals surface area contributed by atoms with Crippen LogP contribution in [-0.4, -0.2) is 26.2 Å². The predicted molar refractivity (Wildman–Crippen MR) is 37.8 cm³/mol. The summed E-state index contributed by atoms with van der Waals surface area (Å²) in [5.41, 5.74) is -0.304. The van der Waals surface area contributed by atoms with E-state index in [0.717, 1.165) is 0 Å². The van der Waals surface area contributed by atoms with E-state index in [1.54, 1.807) is 0 Å². The quantitative estimate of drug-likeness (QED) is 0.526. The first kappa shape index (κ1) is 9.94. The SMILES string of the molecule is CC(C)(COC=O)COC=O. The summed E-state index contributed by atoms with van der Waals surface area (Å²) in [4.78, 5) is 19.6. The minimum Gasteiger partial charge on any atom is -0.467 e. The molecule has 4 heteroatoms. The summed E-state index contributed by atoms with van der Waals surface area (Å²) in [6, 6.07) is 0. The highest BCUT2D eigenvalue weighted by molar-refractivity contribution is 5.37. The maximum absolute atomic E-state index is 9.79. The number of hydrogen-bond donors (Lipinski definition) is 0. The van der Waals surface area contributed by atoms with Crippen LogP contribution in [0.15, 0.2) is 0 Å². The molecule has 0 aromatic carbocycles. The monoisotopic (exact) mass is 160 g/mol. The highest BCUT2D eigenvalue weighted by atomic mass is 16.5. The Bertz CT molecular complexity index is 116. The van der Waals surface area contributed by atoms with Crippen LogP contribution in [0.5, 0.6) is 0 Å². The van der Waals surface area contributed by atoms with Crippen LogP contribution in [0.4, 0.5) is 0 Å². The molecule has 0 aromatic rings. The second kappa shape index (κ2) is 4.71. The molecule has 0 aliphatic rings. The minimum absolute atomic E-state index is 0.254. The number of carbonyl (C=O) groups is 2. The Morgan fingerprint density at radius 1 is 1.09 bits per heavy atom. The molecule has 0 fully saturated rings. The first-order chi connectivity index (χ1) is 5.12. The van der Waals surface area contributed by atoms with E-state index in [4.69, 9.17) is 0 Å². The van der Waals surface area contributed by atoms with Crippen LogP contribution in [0.1, 0.15) is 13.8 Å². The van der Waals surface area contributed by atoms with Gasteiger partial charge in [-0.25, -0.2) is 0 Å². The molecule has 64 valence electrons. The topological polar surface area (TPSA) is 52.6 Å². The molecule has 0 amide bonds. The van der Waals surface area contributed by atoms with E-state index in [9.17, 15) is 9.59 Å². The lowest BCUT2D eigenvalue weighted by atomic mass is 9.96. The van der Waals surface area contributed by atoms with Crippen LogP contribution in [0, 0.1) is 5.41 Å². The lowest BCUT2D eigenvalue weighted by Crippen LogP contribution is -2.25. The molecule has 0 saturated carbocycles. The second-order valence-electron chi connectivity index (χ2n) is 2.98. The third-order valence-corrected chi connectivity index (χ3v) is 1.08. The van der Waals surface area contributed by atoms with Gasteiger partial charge in [-0.1, -0.05) is 13.8 Å². The van der Waals surface area contributed by atoms with Crippen LogP contribution in [0.3, 0.4) is 0 Å². The summed E-state index contributed by atoms with van der Waals surface area (Å²) in [7, 11) is 0. The van der Waals surface area contributed by atoms with E-state index in [2.05, 4.69) is 9.47 Å². The van der Waals surface area contributed by atoms with Gasteiger partial charge in [0.05, 0.1) is 13.2 Å². The third-order valence-electron chi connectivity index (χ3n) is 1.08. The molecule has 0 heterocycles. The van der Waals surface area contributed by atoms with Gasteiger partial charge >= 0.3 is 0 Å². The van der Waals surface area contributed by atoms with E-state index in [1.807, 2.05) is 13.8 Å². The molecule has 0 spiro atoms. The van der Waals surface area contributed by atoms with Gasteiger partial charge in [-0.3, -0.25) is 9.59 Å². The van der Waals surface area contributed by atoms with E-state index in [1.165, 1.54) is 0 Å². The molecule has 0 rings (SSSR count). The highest BCUT2D eigenvalue weighted by Gasteiger charge is 2.19. The zero-order valence-corrected chi connectivity index (χ0v) is 6.70. The fourth-order valence-corrected chi connectivity index (χ4v) is 0.561. The summed E-state index contributed by atoms with van der Waals surface area (Å²) in [6.45, 7) is 4.93. The average Bonchev–Trinajstić information content (AvgIpc) is 1.97. The Kier molecular flexibility index (Phi) is 4.26. The summed E-state index contributed by atoms with van der Waals surface area (Å²) >= 11 is 0. The van der Waals surface area contributed by atoms with Gasteiger partial charge in [0.2, 0.25) is 0 Å². The van der Waals surface area contributed by atoms with Gasteiger partial charge in [-0.2, -0.15) is 0 Å². The molecule has 0 radical (unpaired) electrons. The van der Waals surface area contributed by atoms with Crippen molar-refractivity contribution in [2.24, 2.45) is 5.41 Å². The smallest absolute Gasteiger partial charge is 0.293 e. The summed E-state index contributed by atoms with van der Waals surface area (Å²) in [5, 5.41) is 0. The van der Waals surface area contributed by atoms with Crippen molar-refractivity contribution in [1.29, 1.82) is 0 Å². The van der Waals surface area contributed by atoms with Gasteiger partial charge in [-0.15, -0.1) is 0 Å². The van der Waals surface area contributed by atoms with Crippen molar-refractivity contribution in [3.05, 3.63) is 0 Å². The van der Waals surface area contributed by atoms with Gasteiger partial charge in [0.15, 0.2) is 0 Å². The van der Waals surface area contributed by atoms with Gasteiger partial charge in [0, 0.05) is 5.41 Å². The largest absolute Gasteiger partial charge is 0.467 e. The molecule has 0 aliphatic heterocycles. The van der Waals surface area contributed by atoms with Crippen molar-refractivity contribution in [3.8, 4) is 0 Å². The third kappa shape index (κ3) is 5.39. The Labute approximate surface area is 65.5 Å². The van der Waals surface area contributed by atoms with Gasteiger partial charge in [0.25, 0.3) is 12.9 Å². The van der Waals surface area contributed by atoms with Crippen molar-refractivity contribution < 1.29 is 19.1 Å². The molecule has 0 N–H and O–H groups in total. The summed E-state index contributed by atoms with van der Waals surface area (Å²) in [5.74, 6) is 0. The number of ether oxygens (including phenoxy) is 2. The van der Waals surface area contributed by atoms with Crippen LogP contribution in [-0.2, 0) is 19.1 Å². The maximum Gasteiger partial charge on any atom is 0.293 e. The Morgan fingerprint density at radius 3 is 1.73 bits per heavy atom. The van der Waals surface area contributed by atoms with Gasteiger partial charge in [-0.05, 0) is 0 Å². The van der Waals surface area contributed by atoms with Gasteiger partial charge in [0.1, 0.15) is 0 Å². The molecule has 0 bridgehead atoms. The average molecular weight is 160 g/mol. The fourth-order valence-electron chi connectivity index (χ4n) is 0.561. The molecule has 0 saturated heterocycles. The van der Waals surface area contributed by atoms with Crippen molar-refractivity contribution >= 4 is 12.9 Å². The molecule has 0 aromatic heterocycles. The van der Waals surface area contributed by atoms with Gasteiger partial charge < -0.3 is 9.47 Å². The first-order valence-electron chi connectivity index (χ1n) is 3.23. The van der Waals surface area contributed by atoms with Crippen LogP contribution < -0.4 is 0 Å². The number of hydrogen-bond acceptors (Lipinski definition) is 4.